The largest absolute Gasteiger partial charge is 0.367 e. The van der Waals surface area contributed by atoms with Crippen molar-refractivity contribution in [3.8, 4) is 0 Å². The number of nitrogens with zero attached hydrogens (tertiary/aromatic N) is 1. The highest BCUT2D eigenvalue weighted by Gasteiger charge is 2.25. The van der Waals surface area contributed by atoms with Crippen LogP contribution in [0, 0.1) is 0 Å². The molecule has 1 amide bonds. The first-order valence-corrected chi connectivity index (χ1v) is 6.85. The molecule has 0 atom stereocenters. The summed E-state index contributed by atoms with van der Waals surface area (Å²) in [6.07, 6.45) is 8.86. The van der Waals surface area contributed by atoms with Crippen molar-refractivity contribution in [3.63, 3.8) is 0 Å². The Balaban J connectivity index is 1.73. The monoisotopic (exact) mass is 245 g/mol. The van der Waals surface area contributed by atoms with E-state index in [1.807, 2.05) is 12.1 Å². The van der Waals surface area contributed by atoms with Crippen LogP contribution in [0.25, 0.3) is 0 Å². The average molecular weight is 245 g/mol. The van der Waals surface area contributed by atoms with E-state index in [4.69, 9.17) is 0 Å². The third-order valence-corrected chi connectivity index (χ3v) is 3.66. The Morgan fingerprint density at radius 1 is 1.17 bits per heavy atom. The first-order valence-electron chi connectivity index (χ1n) is 6.85. The molecule has 2 saturated carbocycles. The Hall–Kier alpha value is -1.58. The molecule has 0 unspecified atom stereocenters. The number of aromatic nitrogens is 1. The topological polar surface area (TPSA) is 54.0 Å². The maximum atomic E-state index is 12.1. The maximum Gasteiger partial charge on any atom is 0.255 e. The van der Waals surface area contributed by atoms with E-state index in [2.05, 4.69) is 15.6 Å². The van der Waals surface area contributed by atoms with Crippen molar-refractivity contribution < 1.29 is 4.79 Å². The predicted octanol–water partition coefficient (Wildman–Crippen LogP) is 2.33. The highest BCUT2D eigenvalue weighted by molar-refractivity contribution is 5.99. The van der Waals surface area contributed by atoms with Crippen LogP contribution in [0.4, 0.5) is 5.82 Å². The van der Waals surface area contributed by atoms with E-state index in [0.717, 1.165) is 18.7 Å². The molecule has 0 spiro atoms. The third-order valence-electron chi connectivity index (χ3n) is 3.66. The van der Waals surface area contributed by atoms with E-state index < -0.39 is 0 Å². The molecule has 4 heteroatoms. The number of hydrogen-bond acceptors (Lipinski definition) is 3. The van der Waals surface area contributed by atoms with Gasteiger partial charge < -0.3 is 10.6 Å². The summed E-state index contributed by atoms with van der Waals surface area (Å²) in [5, 5.41) is 6.43. The zero-order chi connectivity index (χ0) is 12.4. The number of amides is 1. The minimum absolute atomic E-state index is 0.00565. The van der Waals surface area contributed by atoms with Gasteiger partial charge in [-0.15, -0.1) is 0 Å². The van der Waals surface area contributed by atoms with Crippen LogP contribution in [0.1, 0.15) is 48.9 Å². The molecular weight excluding hydrogens is 226 g/mol. The molecule has 1 aromatic rings. The third kappa shape index (κ3) is 2.63. The lowest BCUT2D eigenvalue weighted by atomic mass is 10.2. The summed E-state index contributed by atoms with van der Waals surface area (Å²) in [4.78, 5) is 16.4. The number of nitrogens with one attached hydrogen (secondary N) is 2. The number of carbonyl (C=O) groups is 1. The SMILES string of the molecule is O=C(NC1CC1)c1cccnc1NC1CCCC1. The van der Waals surface area contributed by atoms with Crippen molar-refractivity contribution >= 4 is 11.7 Å². The summed E-state index contributed by atoms with van der Waals surface area (Å²) in [6.45, 7) is 0. The molecule has 1 aromatic heterocycles. The van der Waals surface area contributed by atoms with Crippen molar-refractivity contribution in [1.29, 1.82) is 0 Å². The fourth-order valence-electron chi connectivity index (χ4n) is 2.46. The predicted molar refractivity (Wildman–Crippen MR) is 70.6 cm³/mol. The molecule has 2 fully saturated rings. The Morgan fingerprint density at radius 3 is 2.67 bits per heavy atom. The van der Waals surface area contributed by atoms with Crippen molar-refractivity contribution in [2.75, 3.05) is 5.32 Å². The molecule has 3 rings (SSSR count). The van der Waals surface area contributed by atoms with Gasteiger partial charge >= 0.3 is 0 Å². The zero-order valence-corrected chi connectivity index (χ0v) is 10.5. The number of anilines is 1. The number of carbonyl (C=O) groups excluding carboxylic acids is 1. The smallest absolute Gasteiger partial charge is 0.255 e. The van der Waals surface area contributed by atoms with E-state index in [1.165, 1.54) is 25.7 Å². The molecular formula is C14H19N3O. The molecule has 2 aliphatic rings. The summed E-state index contributed by atoms with van der Waals surface area (Å²) in [5.41, 5.74) is 0.677. The normalized spacial score (nSPS) is 19.8. The van der Waals surface area contributed by atoms with Crippen LogP contribution in [-0.4, -0.2) is 23.0 Å². The van der Waals surface area contributed by atoms with E-state index in [-0.39, 0.29) is 5.91 Å². The maximum absolute atomic E-state index is 12.1. The van der Waals surface area contributed by atoms with Crippen LogP contribution in [-0.2, 0) is 0 Å². The highest BCUT2D eigenvalue weighted by Crippen LogP contribution is 2.24. The standard InChI is InChI=1S/C14H19N3O/c18-14(17-11-7-8-11)12-6-3-9-15-13(12)16-10-4-1-2-5-10/h3,6,9-11H,1-2,4-5,7-8H2,(H,15,16)(H,17,18). The molecule has 18 heavy (non-hydrogen) atoms. The molecule has 0 saturated heterocycles. The minimum atomic E-state index is 0.00565. The second kappa shape index (κ2) is 4.96. The van der Waals surface area contributed by atoms with Gasteiger partial charge in [0, 0.05) is 18.3 Å². The highest BCUT2D eigenvalue weighted by atomic mass is 16.1. The van der Waals surface area contributed by atoms with Crippen molar-refractivity contribution in [2.45, 2.75) is 50.6 Å². The van der Waals surface area contributed by atoms with Crippen LogP contribution in [0.5, 0.6) is 0 Å². The van der Waals surface area contributed by atoms with Gasteiger partial charge in [0.1, 0.15) is 5.82 Å². The zero-order valence-electron chi connectivity index (χ0n) is 10.5. The molecule has 4 nitrogen and oxygen atoms in total. The van der Waals surface area contributed by atoms with Crippen LogP contribution < -0.4 is 10.6 Å². The van der Waals surface area contributed by atoms with E-state index in [0.29, 0.717) is 17.6 Å². The number of rotatable bonds is 4. The van der Waals surface area contributed by atoms with E-state index in [9.17, 15) is 4.79 Å². The lowest BCUT2D eigenvalue weighted by Crippen LogP contribution is -2.27. The summed E-state index contributed by atoms with van der Waals surface area (Å²) >= 11 is 0. The van der Waals surface area contributed by atoms with Crippen LogP contribution >= 0.6 is 0 Å². The second-order valence-corrected chi connectivity index (χ2v) is 5.27. The molecule has 0 radical (unpaired) electrons. The molecule has 2 aliphatic carbocycles. The number of pyridine rings is 1. The van der Waals surface area contributed by atoms with Gasteiger partial charge in [-0.2, -0.15) is 0 Å². The van der Waals surface area contributed by atoms with Crippen LogP contribution in [0.15, 0.2) is 18.3 Å². The average Bonchev–Trinajstić information content (AvgIpc) is 3.04. The first-order chi connectivity index (χ1) is 8.83. The van der Waals surface area contributed by atoms with Gasteiger partial charge in [-0.05, 0) is 37.8 Å². The lowest BCUT2D eigenvalue weighted by Gasteiger charge is -2.15. The molecule has 0 bridgehead atoms. The van der Waals surface area contributed by atoms with Gasteiger partial charge in [-0.1, -0.05) is 12.8 Å². The first kappa shape index (κ1) is 11.5. The van der Waals surface area contributed by atoms with Crippen molar-refractivity contribution in [1.82, 2.24) is 10.3 Å². The number of hydrogen-bond donors (Lipinski definition) is 2. The van der Waals surface area contributed by atoms with Crippen LogP contribution in [0.2, 0.25) is 0 Å². The minimum Gasteiger partial charge on any atom is -0.367 e. The van der Waals surface area contributed by atoms with Gasteiger partial charge in [-0.3, -0.25) is 4.79 Å². The Bertz CT molecular complexity index is 436. The summed E-state index contributed by atoms with van der Waals surface area (Å²) in [7, 11) is 0. The van der Waals surface area contributed by atoms with E-state index >= 15 is 0 Å². The Morgan fingerprint density at radius 2 is 1.94 bits per heavy atom. The second-order valence-electron chi connectivity index (χ2n) is 5.27. The fourth-order valence-corrected chi connectivity index (χ4v) is 2.46. The molecule has 0 aliphatic heterocycles. The fraction of sp³-hybridized carbons (Fsp3) is 0.571. The van der Waals surface area contributed by atoms with Gasteiger partial charge in [0.25, 0.3) is 5.91 Å². The van der Waals surface area contributed by atoms with Crippen molar-refractivity contribution in [2.24, 2.45) is 0 Å². The Labute approximate surface area is 107 Å². The Kier molecular flexibility index (Phi) is 3.17. The summed E-state index contributed by atoms with van der Waals surface area (Å²) in [6, 6.07) is 4.54. The van der Waals surface area contributed by atoms with Gasteiger partial charge in [0.15, 0.2) is 0 Å². The van der Waals surface area contributed by atoms with E-state index in [1.54, 1.807) is 6.20 Å². The summed E-state index contributed by atoms with van der Waals surface area (Å²) < 4.78 is 0. The molecule has 96 valence electrons. The molecule has 1 heterocycles. The van der Waals surface area contributed by atoms with Gasteiger partial charge in [0.05, 0.1) is 5.56 Å². The molecule has 2 N–H and O–H groups in total. The lowest BCUT2D eigenvalue weighted by molar-refractivity contribution is 0.0951. The molecule has 0 aromatic carbocycles. The van der Waals surface area contributed by atoms with Gasteiger partial charge in [-0.25, -0.2) is 4.98 Å². The summed E-state index contributed by atoms with van der Waals surface area (Å²) in [5.74, 6) is 0.744. The van der Waals surface area contributed by atoms with Crippen LogP contribution in [0.3, 0.4) is 0 Å². The van der Waals surface area contributed by atoms with Crippen molar-refractivity contribution in [3.05, 3.63) is 23.9 Å². The van der Waals surface area contributed by atoms with Gasteiger partial charge in [0.2, 0.25) is 0 Å². The quantitative estimate of drug-likeness (QED) is 0.856.